The Morgan fingerprint density at radius 2 is 2.20 bits per heavy atom. The highest BCUT2D eigenvalue weighted by atomic mass is 16.3. The Hall–Kier alpha value is -1.32. The lowest BCUT2D eigenvalue weighted by Crippen LogP contribution is -2.42. The van der Waals surface area contributed by atoms with Gasteiger partial charge in [0.1, 0.15) is 0 Å². The van der Waals surface area contributed by atoms with Gasteiger partial charge in [0.25, 0.3) is 0 Å². The molecule has 80 valence electrons. The van der Waals surface area contributed by atoms with E-state index >= 15 is 0 Å². The largest absolute Gasteiger partial charge is 0.394 e. The van der Waals surface area contributed by atoms with Crippen LogP contribution in [0.25, 0.3) is 10.9 Å². The number of rotatable bonds is 3. The molecule has 0 radical (unpaired) electrons. The van der Waals surface area contributed by atoms with E-state index in [1.165, 1.54) is 5.39 Å². The Balaban J connectivity index is 2.28. The monoisotopic (exact) mass is 204 g/mol. The van der Waals surface area contributed by atoms with Crippen molar-refractivity contribution in [1.82, 2.24) is 4.98 Å². The van der Waals surface area contributed by atoms with Crippen LogP contribution in [0.3, 0.4) is 0 Å². The number of fused-ring (bicyclic) bond motifs is 1. The molecule has 1 heterocycles. The van der Waals surface area contributed by atoms with Gasteiger partial charge in [0.05, 0.1) is 6.61 Å². The zero-order valence-electron chi connectivity index (χ0n) is 8.83. The predicted octanol–water partition coefficient (Wildman–Crippen LogP) is 1.42. The number of benzene rings is 1. The van der Waals surface area contributed by atoms with Crippen LogP contribution in [0.15, 0.2) is 30.5 Å². The van der Waals surface area contributed by atoms with Crippen LogP contribution in [0.4, 0.5) is 0 Å². The van der Waals surface area contributed by atoms with Crippen LogP contribution in [0.2, 0.25) is 0 Å². The van der Waals surface area contributed by atoms with Crippen molar-refractivity contribution < 1.29 is 5.11 Å². The summed E-state index contributed by atoms with van der Waals surface area (Å²) in [6.45, 7) is 1.85. The van der Waals surface area contributed by atoms with Crippen LogP contribution < -0.4 is 5.73 Å². The molecule has 0 amide bonds. The molecule has 0 saturated carbocycles. The molecule has 0 aliphatic rings. The van der Waals surface area contributed by atoms with Crippen molar-refractivity contribution in [2.45, 2.75) is 18.9 Å². The zero-order valence-corrected chi connectivity index (χ0v) is 8.83. The highest BCUT2D eigenvalue weighted by Gasteiger charge is 2.17. The number of nitrogens with two attached hydrogens (primary N) is 1. The maximum Gasteiger partial charge on any atom is 0.0611 e. The SMILES string of the molecule is CC(N)(CO)Cc1ccc2[nH]ccc2c1. The molecule has 15 heavy (non-hydrogen) atoms. The minimum absolute atomic E-state index is 0.00181. The molecule has 0 saturated heterocycles. The van der Waals surface area contributed by atoms with Crippen molar-refractivity contribution in [3.63, 3.8) is 0 Å². The molecule has 0 aliphatic heterocycles. The summed E-state index contributed by atoms with van der Waals surface area (Å²) in [6, 6.07) is 8.22. The molecule has 1 unspecified atom stereocenters. The van der Waals surface area contributed by atoms with Gasteiger partial charge in [0.2, 0.25) is 0 Å². The fourth-order valence-corrected chi connectivity index (χ4v) is 1.73. The summed E-state index contributed by atoms with van der Waals surface area (Å²) in [7, 11) is 0. The van der Waals surface area contributed by atoms with Gasteiger partial charge >= 0.3 is 0 Å². The van der Waals surface area contributed by atoms with Crippen molar-refractivity contribution in [3.05, 3.63) is 36.0 Å². The number of nitrogens with one attached hydrogen (secondary N) is 1. The molecule has 1 aromatic heterocycles. The summed E-state index contributed by atoms with van der Waals surface area (Å²) in [5.41, 5.74) is 7.65. The van der Waals surface area contributed by atoms with Gasteiger partial charge in [-0.2, -0.15) is 0 Å². The van der Waals surface area contributed by atoms with E-state index in [4.69, 9.17) is 10.8 Å². The first-order valence-corrected chi connectivity index (χ1v) is 5.06. The molecular formula is C12H16N2O. The first kappa shape index (κ1) is 10.2. The Kier molecular flexibility index (Phi) is 2.50. The summed E-state index contributed by atoms with van der Waals surface area (Å²) in [5, 5.41) is 10.3. The average molecular weight is 204 g/mol. The van der Waals surface area contributed by atoms with Crippen molar-refractivity contribution >= 4 is 10.9 Å². The third-order valence-electron chi connectivity index (χ3n) is 2.59. The lowest BCUT2D eigenvalue weighted by molar-refractivity contribution is 0.208. The molecule has 1 aromatic carbocycles. The minimum Gasteiger partial charge on any atom is -0.394 e. The van der Waals surface area contributed by atoms with Crippen molar-refractivity contribution in [2.75, 3.05) is 6.61 Å². The van der Waals surface area contributed by atoms with E-state index in [-0.39, 0.29) is 6.61 Å². The predicted molar refractivity (Wildman–Crippen MR) is 61.7 cm³/mol. The molecule has 0 fully saturated rings. The summed E-state index contributed by atoms with van der Waals surface area (Å²) < 4.78 is 0. The van der Waals surface area contributed by atoms with Crippen LogP contribution in [0.5, 0.6) is 0 Å². The van der Waals surface area contributed by atoms with Gasteiger partial charge in [-0.1, -0.05) is 6.07 Å². The van der Waals surface area contributed by atoms with Crippen molar-refractivity contribution in [1.29, 1.82) is 0 Å². The second-order valence-electron chi connectivity index (χ2n) is 4.39. The maximum absolute atomic E-state index is 9.10. The highest BCUT2D eigenvalue weighted by Crippen LogP contribution is 2.17. The summed E-state index contributed by atoms with van der Waals surface area (Å²) in [5.74, 6) is 0. The van der Waals surface area contributed by atoms with E-state index in [0.717, 1.165) is 11.1 Å². The van der Waals surface area contributed by atoms with E-state index in [2.05, 4.69) is 11.1 Å². The molecule has 1 atom stereocenters. The molecule has 3 nitrogen and oxygen atoms in total. The standard InChI is InChI=1S/C12H16N2O/c1-12(13,8-15)7-9-2-3-11-10(6-9)4-5-14-11/h2-6,14-15H,7-8,13H2,1H3. The molecule has 2 aromatic rings. The van der Waals surface area contributed by atoms with Gasteiger partial charge in [-0.15, -0.1) is 0 Å². The molecule has 0 bridgehead atoms. The number of aliphatic hydroxyl groups is 1. The van der Waals surface area contributed by atoms with Gasteiger partial charge < -0.3 is 15.8 Å². The Labute approximate surface area is 88.9 Å². The zero-order chi connectivity index (χ0) is 10.9. The highest BCUT2D eigenvalue weighted by molar-refractivity contribution is 5.79. The van der Waals surface area contributed by atoms with Gasteiger partial charge in [0, 0.05) is 17.3 Å². The Bertz CT molecular complexity index is 459. The number of aromatic nitrogens is 1. The maximum atomic E-state index is 9.10. The number of hydrogen-bond acceptors (Lipinski definition) is 2. The van der Waals surface area contributed by atoms with Crippen LogP contribution in [-0.2, 0) is 6.42 Å². The van der Waals surface area contributed by atoms with E-state index < -0.39 is 5.54 Å². The molecule has 4 N–H and O–H groups in total. The number of hydrogen-bond donors (Lipinski definition) is 3. The first-order chi connectivity index (χ1) is 7.11. The van der Waals surface area contributed by atoms with Crippen LogP contribution in [-0.4, -0.2) is 22.2 Å². The molecule has 0 spiro atoms. The van der Waals surface area contributed by atoms with Gasteiger partial charge in [0.15, 0.2) is 0 Å². The third kappa shape index (κ3) is 2.19. The number of aromatic amines is 1. The normalized spacial score (nSPS) is 15.4. The second-order valence-corrected chi connectivity index (χ2v) is 4.39. The smallest absolute Gasteiger partial charge is 0.0611 e. The molecule has 0 aliphatic carbocycles. The fourth-order valence-electron chi connectivity index (χ4n) is 1.73. The Morgan fingerprint density at radius 3 is 2.93 bits per heavy atom. The average Bonchev–Trinajstić information content (AvgIpc) is 2.64. The lowest BCUT2D eigenvalue weighted by atomic mass is 9.94. The summed E-state index contributed by atoms with van der Waals surface area (Å²) in [6.07, 6.45) is 2.60. The third-order valence-corrected chi connectivity index (χ3v) is 2.59. The quantitative estimate of drug-likeness (QED) is 0.708. The van der Waals surface area contributed by atoms with Crippen LogP contribution >= 0.6 is 0 Å². The van der Waals surface area contributed by atoms with Gasteiger partial charge in [-0.3, -0.25) is 0 Å². The second kappa shape index (κ2) is 3.68. The van der Waals surface area contributed by atoms with E-state index in [1.54, 1.807) is 0 Å². The summed E-state index contributed by atoms with van der Waals surface area (Å²) in [4.78, 5) is 3.14. The number of H-pyrrole nitrogens is 1. The van der Waals surface area contributed by atoms with E-state index in [0.29, 0.717) is 6.42 Å². The van der Waals surface area contributed by atoms with E-state index in [1.807, 2.05) is 31.3 Å². The van der Waals surface area contributed by atoms with Crippen molar-refractivity contribution in [3.8, 4) is 0 Å². The number of aliphatic hydroxyl groups excluding tert-OH is 1. The van der Waals surface area contributed by atoms with Gasteiger partial charge in [-0.05, 0) is 42.5 Å². The molecular weight excluding hydrogens is 188 g/mol. The molecule has 3 heteroatoms. The van der Waals surface area contributed by atoms with E-state index in [9.17, 15) is 0 Å². The summed E-state index contributed by atoms with van der Waals surface area (Å²) >= 11 is 0. The topological polar surface area (TPSA) is 62.0 Å². The van der Waals surface area contributed by atoms with Crippen LogP contribution in [0.1, 0.15) is 12.5 Å². The van der Waals surface area contributed by atoms with Gasteiger partial charge in [-0.25, -0.2) is 0 Å². The molecule has 2 rings (SSSR count). The van der Waals surface area contributed by atoms with Crippen LogP contribution in [0, 0.1) is 0 Å². The van der Waals surface area contributed by atoms with Crippen molar-refractivity contribution in [2.24, 2.45) is 5.73 Å². The first-order valence-electron chi connectivity index (χ1n) is 5.06. The Morgan fingerprint density at radius 1 is 1.40 bits per heavy atom. The fraction of sp³-hybridized carbons (Fsp3) is 0.333. The lowest BCUT2D eigenvalue weighted by Gasteiger charge is -2.21. The minimum atomic E-state index is -0.538.